The highest BCUT2D eigenvalue weighted by molar-refractivity contribution is 8.00. The zero-order valence-electron chi connectivity index (χ0n) is 82.6. The monoisotopic (exact) mass is 2290 g/mol. The van der Waals surface area contributed by atoms with Gasteiger partial charge in [0.15, 0.2) is 59.4 Å². The number of thiocarbonyl (C=S) groups is 3. The average Bonchev–Trinajstić information content (AvgIpc) is 0.796. The summed E-state index contributed by atoms with van der Waals surface area (Å²) in [5.74, 6) is -1.14. The van der Waals surface area contributed by atoms with Gasteiger partial charge in [-0.05, 0) is 73.2 Å². The van der Waals surface area contributed by atoms with E-state index in [1.807, 2.05) is 4.90 Å². The first-order chi connectivity index (χ1) is 71.5. The summed E-state index contributed by atoms with van der Waals surface area (Å²) in [6, 6.07) is 0. The molecule has 0 aliphatic carbocycles. The fourth-order valence-electron chi connectivity index (χ4n) is 18.3. The van der Waals surface area contributed by atoms with Gasteiger partial charge in [0, 0.05) is 98.2 Å². The summed E-state index contributed by atoms with van der Waals surface area (Å²) in [4.78, 5) is 1.95. The van der Waals surface area contributed by atoms with Gasteiger partial charge < -0.3 is 285 Å². The highest BCUT2D eigenvalue weighted by Crippen LogP contribution is 2.41. The maximum Gasteiger partial charge on any atom is 0.187 e. The molecule has 0 radical (unpaired) electrons. The number of nitrogens with one attached hydrogen (secondary N) is 6. The second-order valence-corrected chi connectivity index (χ2v) is 42.8. The SMILES string of the molecule is COC1OC(CO)C(OC2OC(CNC(=S)NCCN(CCNC(=S)NCC3OC(OC4C(CO)OC(OC)C(O)C4O)C(O)C(O)C3C)CCNC(=S)NC(COCCCSC3OC(CO)C(OC4OC(CO)C(O)C(O)C4O)C(O)C3O)(COCCCSC3OC(CO)C(OC4OC(CO)C(O)C(O)C4O)C(O)C3O)COCCCSC3OC(CO)C(OC4OC(CO)C(O)C(O)C4O)C(O)C3O)C(C)C(O)C2O)C(O)C1O. The van der Waals surface area contributed by atoms with Gasteiger partial charge in [0.1, 0.15) is 229 Å². The first-order valence-corrected chi connectivity index (χ1v) is 53.7. The topological polar surface area (TPSA) is 887 Å². The second kappa shape index (κ2) is 63.0. The third kappa shape index (κ3) is 33.9. The quantitative estimate of drug-likeness (QED) is 0.0199. The highest BCUT2D eigenvalue weighted by Gasteiger charge is 2.58. The number of aliphatic hydroxyl groups excluding tert-OH is 31. The van der Waals surface area contributed by atoms with Crippen molar-refractivity contribution in [3.63, 3.8) is 0 Å². The van der Waals surface area contributed by atoms with Crippen molar-refractivity contribution in [3.05, 3.63) is 0 Å². The molecule has 0 spiro atoms. The second-order valence-electron chi connectivity index (χ2n) is 38.0. The molecule has 37 N–H and O–H groups in total. The van der Waals surface area contributed by atoms with Crippen molar-refractivity contribution in [3.8, 4) is 0 Å². The smallest absolute Gasteiger partial charge is 0.187 e. The van der Waals surface area contributed by atoms with Crippen LogP contribution in [0.2, 0.25) is 0 Å². The zero-order chi connectivity index (χ0) is 110. The van der Waals surface area contributed by atoms with Crippen LogP contribution in [0.1, 0.15) is 33.1 Å². The summed E-state index contributed by atoms with van der Waals surface area (Å²) in [5, 5.41) is 352. The van der Waals surface area contributed by atoms with Crippen molar-refractivity contribution < 1.29 is 253 Å². The van der Waals surface area contributed by atoms with Crippen molar-refractivity contribution in [2.45, 2.75) is 331 Å². The summed E-state index contributed by atoms with van der Waals surface area (Å²) in [6.07, 6.45) is -71.7. The van der Waals surface area contributed by atoms with E-state index in [1.165, 1.54) is 14.2 Å². The van der Waals surface area contributed by atoms with Gasteiger partial charge in [-0.3, -0.25) is 4.90 Å². The van der Waals surface area contributed by atoms with Crippen molar-refractivity contribution in [2.75, 3.05) is 176 Å². The Morgan fingerprint density at radius 2 is 0.507 bits per heavy atom. The molecule has 50 unspecified atom stereocenters. The molecule has 10 heterocycles. The Hall–Kier alpha value is -1.96. The van der Waals surface area contributed by atoms with Crippen LogP contribution >= 0.6 is 71.9 Å². The molecular weight excluding hydrogens is 2140 g/mol. The minimum Gasteiger partial charge on any atom is -0.394 e. The third-order valence-corrected chi connectivity index (χ3v) is 32.0. The van der Waals surface area contributed by atoms with E-state index in [1.54, 1.807) is 13.8 Å². The minimum absolute atomic E-state index is 0.0198. The first kappa shape index (κ1) is 130. The van der Waals surface area contributed by atoms with Crippen LogP contribution in [0.5, 0.6) is 0 Å². The molecule has 150 heavy (non-hydrogen) atoms. The van der Waals surface area contributed by atoms with Crippen LogP contribution in [0, 0.1) is 11.8 Å². The summed E-state index contributed by atoms with van der Waals surface area (Å²) in [7, 11) is 2.42. The first-order valence-electron chi connectivity index (χ1n) is 49.3. The van der Waals surface area contributed by atoms with Gasteiger partial charge in [0.25, 0.3) is 0 Å². The van der Waals surface area contributed by atoms with Crippen LogP contribution in [0.25, 0.3) is 0 Å². The Balaban J connectivity index is 0.851. The number of hydrogen-bond donors (Lipinski definition) is 37. The zero-order valence-corrected chi connectivity index (χ0v) is 87.5. The normalized spacial score (nSPS) is 43.1. The standard InChI is InChI=1S/C86H155N7O51S6/c1-33-35(130-75(58(115)45(33)102)140-68-40(25-97)135-73(125-3)63(120)53(68)110)20-90-83(145)87-8-11-93(12-9-88-84(146)91-21-36-34(2)46(103)59(116)76(131-36)141-69-41(26-98)136-74(126-4)64(121)54(69)111)13-10-89-85(147)92-86(30-127-14-5-17-148-80-65(122)55(112)70(42(27-99)137-80)142-77-60(117)50(107)47(104)37(22-94)132-77,31-128-15-6-18-149-81-66(123)56(113)71(43(28-100)138-81)143-78-61(118)51(108)48(105)38(23-95)133-78)32-129-16-7-19-150-82-67(124)57(114)72(44(29-101)139-82)144-79-62(119)52(109)49(106)39(24-96)134-79/h33-82,94-124H,5-32H2,1-4H3,(H2,87,90,145)(H2,88,91,146)(H2,89,92,147). The van der Waals surface area contributed by atoms with Gasteiger partial charge in [0.2, 0.25) is 0 Å². The lowest BCUT2D eigenvalue weighted by molar-refractivity contribution is -0.351. The van der Waals surface area contributed by atoms with Crippen LogP contribution < -0.4 is 31.9 Å². The van der Waals surface area contributed by atoms with E-state index in [0.29, 0.717) is 0 Å². The summed E-state index contributed by atoms with van der Waals surface area (Å²) in [6.45, 7) is -3.52. The number of methoxy groups -OCH3 is 2. The van der Waals surface area contributed by atoms with Crippen LogP contribution in [-0.2, 0) is 94.7 Å². The molecule has 10 aliphatic rings. The van der Waals surface area contributed by atoms with Gasteiger partial charge in [-0.15, -0.1) is 35.3 Å². The molecule has 0 aromatic rings. The van der Waals surface area contributed by atoms with E-state index >= 15 is 0 Å². The molecule has 50 atom stereocenters. The average molecular weight is 2300 g/mol. The largest absolute Gasteiger partial charge is 0.394 e. The Labute approximate surface area is 891 Å². The van der Waals surface area contributed by atoms with Crippen molar-refractivity contribution in [1.82, 2.24) is 36.8 Å². The molecule has 0 amide bonds. The molecular formula is C86H155N7O51S6. The van der Waals surface area contributed by atoms with Gasteiger partial charge in [-0.2, -0.15) is 0 Å². The molecule has 0 aromatic carbocycles. The number of aliphatic hydroxyl groups is 31. The lowest BCUT2D eigenvalue weighted by Gasteiger charge is -2.46. The number of nitrogens with zero attached hydrogens (tertiary/aromatic N) is 1. The summed E-state index contributed by atoms with van der Waals surface area (Å²) >= 11 is 20.6. The number of hydrogen-bond acceptors (Lipinski definition) is 58. The Bertz CT molecular complexity index is 3560. The van der Waals surface area contributed by atoms with E-state index in [0.717, 1.165) is 35.3 Å². The van der Waals surface area contributed by atoms with Crippen LogP contribution in [0.15, 0.2) is 0 Å². The predicted molar refractivity (Wildman–Crippen MR) is 522 cm³/mol. The molecule has 58 nitrogen and oxygen atoms in total. The molecule has 0 bridgehead atoms. The minimum atomic E-state index is -1.92. The molecule has 10 fully saturated rings. The Kier molecular flexibility index (Phi) is 54.5. The van der Waals surface area contributed by atoms with Crippen LogP contribution in [0.3, 0.4) is 0 Å². The summed E-state index contributed by atoms with van der Waals surface area (Å²) < 4.78 is 117. The maximum atomic E-state index is 11.5. The van der Waals surface area contributed by atoms with Gasteiger partial charge in [-0.25, -0.2) is 0 Å². The third-order valence-electron chi connectivity index (χ3n) is 27.4. The molecule has 876 valence electrons. The van der Waals surface area contributed by atoms with Crippen molar-refractivity contribution in [1.29, 1.82) is 0 Å². The molecule has 64 heteroatoms. The molecule has 0 saturated carbocycles. The van der Waals surface area contributed by atoms with E-state index < -0.39 is 363 Å². The lowest BCUT2D eigenvalue weighted by atomic mass is 9.90. The summed E-state index contributed by atoms with van der Waals surface area (Å²) in [5.41, 5.74) is -5.22. The van der Waals surface area contributed by atoms with Gasteiger partial charge in [-0.1, -0.05) is 13.8 Å². The van der Waals surface area contributed by atoms with Gasteiger partial charge >= 0.3 is 0 Å². The molecule has 0 aromatic heterocycles. The predicted octanol–water partition coefficient (Wildman–Crippen LogP) is -19.2. The van der Waals surface area contributed by atoms with Crippen molar-refractivity contribution in [2.24, 2.45) is 11.8 Å². The number of rotatable bonds is 55. The van der Waals surface area contributed by atoms with Crippen molar-refractivity contribution >= 4 is 87.3 Å². The number of ether oxygens (including phenoxy) is 20. The number of thioether (sulfide) groups is 3. The van der Waals surface area contributed by atoms with E-state index in [4.69, 9.17) is 131 Å². The molecule has 10 rings (SSSR count). The highest BCUT2D eigenvalue weighted by atomic mass is 32.2. The Morgan fingerprint density at radius 1 is 0.273 bits per heavy atom. The van der Waals surface area contributed by atoms with E-state index in [2.05, 4.69) is 31.9 Å². The van der Waals surface area contributed by atoms with Crippen LogP contribution in [0.4, 0.5) is 0 Å². The van der Waals surface area contributed by atoms with E-state index in [-0.39, 0.29) is 144 Å². The maximum absolute atomic E-state index is 11.5. The van der Waals surface area contributed by atoms with Crippen LogP contribution in [-0.4, -0.2) is 653 Å². The Morgan fingerprint density at radius 3 is 0.773 bits per heavy atom. The molecule has 10 aliphatic heterocycles. The van der Waals surface area contributed by atoms with Gasteiger partial charge in [0.05, 0.1) is 97.1 Å². The van der Waals surface area contributed by atoms with E-state index in [9.17, 15) is 158 Å². The fourth-order valence-corrected chi connectivity index (χ4v) is 22.3. The lowest BCUT2D eigenvalue weighted by Crippen LogP contribution is -2.64. The fraction of sp³-hybridized carbons (Fsp3) is 0.965. The molecule has 10 saturated heterocycles.